The number of ether oxygens (including phenoxy) is 2. The van der Waals surface area contributed by atoms with Gasteiger partial charge in [-0.15, -0.1) is 0 Å². The molecule has 1 N–H and O–H groups in total. The van der Waals surface area contributed by atoms with Crippen LogP contribution in [0.25, 0.3) is 0 Å². The summed E-state index contributed by atoms with van der Waals surface area (Å²) in [6, 6.07) is 0. The largest absolute Gasteiger partial charge is 0.385 e. The molecule has 5 nitrogen and oxygen atoms in total. The Morgan fingerprint density at radius 1 is 1.21 bits per heavy atom. The summed E-state index contributed by atoms with van der Waals surface area (Å²) in [7, 11) is 3.69. The Kier molecular flexibility index (Phi) is 7.70. The van der Waals surface area contributed by atoms with Gasteiger partial charge in [-0.2, -0.15) is 5.10 Å². The van der Waals surface area contributed by atoms with Crippen molar-refractivity contribution in [2.45, 2.75) is 33.2 Å². The van der Waals surface area contributed by atoms with E-state index in [0.717, 1.165) is 44.8 Å². The van der Waals surface area contributed by atoms with Crippen molar-refractivity contribution in [2.75, 3.05) is 40.5 Å². The number of likely N-dealkylation sites (N-methyl/N-ethyl adjacent to an activating group) is 1. The summed E-state index contributed by atoms with van der Waals surface area (Å²) in [6.45, 7) is 8.23. The summed E-state index contributed by atoms with van der Waals surface area (Å²) >= 11 is 0. The van der Waals surface area contributed by atoms with E-state index in [1.54, 1.807) is 7.11 Å². The van der Waals surface area contributed by atoms with Crippen molar-refractivity contribution >= 4 is 0 Å². The molecular formula is C14H27N3O2. The maximum atomic E-state index is 5.57. The maximum Gasteiger partial charge on any atom is 0.0662 e. The molecule has 1 rings (SSSR count). The van der Waals surface area contributed by atoms with Crippen molar-refractivity contribution in [1.29, 1.82) is 0 Å². The number of aromatic nitrogens is 2. The summed E-state index contributed by atoms with van der Waals surface area (Å²) in [4.78, 5) is 0. The number of aryl methyl sites for hydroxylation is 1. The first kappa shape index (κ1) is 16.1. The average molecular weight is 269 g/mol. The summed E-state index contributed by atoms with van der Waals surface area (Å²) in [5.41, 5.74) is 3.74. The van der Waals surface area contributed by atoms with Crippen molar-refractivity contribution in [3.63, 3.8) is 0 Å². The number of methoxy groups -OCH3 is 1. The molecule has 0 radical (unpaired) electrons. The van der Waals surface area contributed by atoms with E-state index in [1.165, 1.54) is 11.3 Å². The zero-order valence-corrected chi connectivity index (χ0v) is 12.7. The fourth-order valence-corrected chi connectivity index (χ4v) is 2.12. The lowest BCUT2D eigenvalue weighted by molar-refractivity contribution is 0.0958. The van der Waals surface area contributed by atoms with E-state index in [-0.39, 0.29) is 0 Å². The number of hydrogen-bond donors (Lipinski definition) is 1. The molecule has 1 aromatic rings. The second kappa shape index (κ2) is 9.07. The molecule has 0 saturated carbocycles. The molecule has 5 heteroatoms. The van der Waals surface area contributed by atoms with Crippen LogP contribution in [0.1, 0.15) is 23.4 Å². The second-order valence-electron chi connectivity index (χ2n) is 4.68. The first-order chi connectivity index (χ1) is 9.20. The Hall–Kier alpha value is -0.910. The van der Waals surface area contributed by atoms with Crippen LogP contribution in [0, 0.1) is 13.8 Å². The number of nitrogens with one attached hydrogen (secondary N) is 1. The van der Waals surface area contributed by atoms with Gasteiger partial charge < -0.3 is 14.8 Å². The van der Waals surface area contributed by atoms with Crippen molar-refractivity contribution in [3.05, 3.63) is 17.0 Å². The minimum Gasteiger partial charge on any atom is -0.385 e. The zero-order chi connectivity index (χ0) is 14.1. The van der Waals surface area contributed by atoms with Gasteiger partial charge in [-0.1, -0.05) is 0 Å². The molecule has 0 saturated heterocycles. The molecule has 0 bridgehead atoms. The molecule has 0 aromatic carbocycles. The molecular weight excluding hydrogens is 242 g/mol. The molecule has 0 amide bonds. The third-order valence-corrected chi connectivity index (χ3v) is 3.24. The van der Waals surface area contributed by atoms with Crippen LogP contribution < -0.4 is 5.32 Å². The van der Waals surface area contributed by atoms with Crippen LogP contribution in [-0.2, 0) is 22.4 Å². The summed E-state index contributed by atoms with van der Waals surface area (Å²) in [5, 5.41) is 7.76. The van der Waals surface area contributed by atoms with Gasteiger partial charge in [0.15, 0.2) is 0 Å². The summed E-state index contributed by atoms with van der Waals surface area (Å²) < 4.78 is 12.6. The Morgan fingerprint density at radius 3 is 2.68 bits per heavy atom. The fraction of sp³-hybridized carbons (Fsp3) is 0.786. The van der Waals surface area contributed by atoms with Crippen LogP contribution in [0.5, 0.6) is 0 Å². The first-order valence-electron chi connectivity index (χ1n) is 6.94. The molecule has 0 unspecified atom stereocenters. The smallest absolute Gasteiger partial charge is 0.0662 e. The van der Waals surface area contributed by atoms with Crippen molar-refractivity contribution in [2.24, 2.45) is 0 Å². The molecule has 0 spiro atoms. The Morgan fingerprint density at radius 2 is 2.00 bits per heavy atom. The number of nitrogens with zero attached hydrogens (tertiary/aromatic N) is 2. The van der Waals surface area contributed by atoms with Gasteiger partial charge in [0.2, 0.25) is 0 Å². The molecule has 1 heterocycles. The van der Waals surface area contributed by atoms with E-state index < -0.39 is 0 Å². The van der Waals surface area contributed by atoms with E-state index in [4.69, 9.17) is 9.47 Å². The number of hydrogen-bond acceptors (Lipinski definition) is 4. The van der Waals surface area contributed by atoms with Gasteiger partial charge in [0.05, 0.1) is 18.8 Å². The van der Waals surface area contributed by atoms with Crippen molar-refractivity contribution < 1.29 is 9.47 Å². The van der Waals surface area contributed by atoms with Gasteiger partial charge in [-0.25, -0.2) is 0 Å². The molecule has 19 heavy (non-hydrogen) atoms. The predicted octanol–water partition coefficient (Wildman–Crippen LogP) is 1.31. The van der Waals surface area contributed by atoms with Crippen LogP contribution in [0.2, 0.25) is 0 Å². The monoisotopic (exact) mass is 269 g/mol. The van der Waals surface area contributed by atoms with Crippen LogP contribution >= 0.6 is 0 Å². The number of rotatable bonds is 10. The Bertz CT molecular complexity index is 364. The van der Waals surface area contributed by atoms with E-state index in [1.807, 2.05) is 7.05 Å². The quantitative estimate of drug-likeness (QED) is 0.651. The minimum absolute atomic E-state index is 0.705. The average Bonchev–Trinajstić information content (AvgIpc) is 2.67. The molecule has 0 fully saturated rings. The minimum atomic E-state index is 0.705. The zero-order valence-electron chi connectivity index (χ0n) is 12.7. The topological polar surface area (TPSA) is 48.3 Å². The van der Waals surface area contributed by atoms with Gasteiger partial charge in [-0.05, 0) is 45.8 Å². The molecule has 0 atom stereocenters. The normalized spacial score (nSPS) is 11.2. The van der Waals surface area contributed by atoms with Crippen LogP contribution in [-0.4, -0.2) is 50.3 Å². The highest BCUT2D eigenvalue weighted by Gasteiger charge is 2.10. The standard InChI is InChI=1S/C14H27N3O2/c1-12-14(6-7-15-3)13(2)17(16-12)8-11-19-10-5-9-18-4/h15H,5-11H2,1-4H3. The van der Waals surface area contributed by atoms with Gasteiger partial charge in [0, 0.05) is 26.0 Å². The van der Waals surface area contributed by atoms with Crippen molar-refractivity contribution in [1.82, 2.24) is 15.1 Å². The van der Waals surface area contributed by atoms with Gasteiger partial charge in [-0.3, -0.25) is 4.68 Å². The van der Waals surface area contributed by atoms with Gasteiger partial charge >= 0.3 is 0 Å². The lowest BCUT2D eigenvalue weighted by atomic mass is 10.1. The fourth-order valence-electron chi connectivity index (χ4n) is 2.12. The lowest BCUT2D eigenvalue weighted by Gasteiger charge is -2.07. The third-order valence-electron chi connectivity index (χ3n) is 3.24. The first-order valence-corrected chi connectivity index (χ1v) is 6.94. The van der Waals surface area contributed by atoms with Crippen molar-refractivity contribution in [3.8, 4) is 0 Å². The molecule has 110 valence electrons. The van der Waals surface area contributed by atoms with Crippen LogP contribution in [0.15, 0.2) is 0 Å². The third kappa shape index (κ3) is 5.30. The van der Waals surface area contributed by atoms with Gasteiger partial charge in [0.25, 0.3) is 0 Å². The Balaban J connectivity index is 2.37. The molecule has 0 aliphatic heterocycles. The predicted molar refractivity (Wildman–Crippen MR) is 76.6 cm³/mol. The SMILES string of the molecule is CNCCc1c(C)nn(CCOCCCOC)c1C. The molecule has 0 aliphatic rings. The van der Waals surface area contributed by atoms with Crippen LogP contribution in [0.3, 0.4) is 0 Å². The maximum absolute atomic E-state index is 5.57. The summed E-state index contributed by atoms with van der Waals surface area (Å²) in [5.74, 6) is 0. The Labute approximate surface area is 116 Å². The highest BCUT2D eigenvalue weighted by molar-refractivity contribution is 5.24. The van der Waals surface area contributed by atoms with Gasteiger partial charge in [0.1, 0.15) is 0 Å². The van der Waals surface area contributed by atoms with Crippen LogP contribution in [0.4, 0.5) is 0 Å². The van der Waals surface area contributed by atoms with E-state index in [2.05, 4.69) is 28.9 Å². The van der Waals surface area contributed by atoms with E-state index in [9.17, 15) is 0 Å². The highest BCUT2D eigenvalue weighted by atomic mass is 16.5. The summed E-state index contributed by atoms with van der Waals surface area (Å²) in [6.07, 6.45) is 1.98. The lowest BCUT2D eigenvalue weighted by Crippen LogP contribution is -2.12. The van der Waals surface area contributed by atoms with E-state index in [0.29, 0.717) is 6.61 Å². The molecule has 1 aromatic heterocycles. The second-order valence-corrected chi connectivity index (χ2v) is 4.68. The van der Waals surface area contributed by atoms with E-state index >= 15 is 0 Å². The molecule has 0 aliphatic carbocycles. The highest BCUT2D eigenvalue weighted by Crippen LogP contribution is 2.13.